The number of benzene rings is 1. The molecular formula is C12H12FN3O2. The topological polar surface area (TPSA) is 68.0 Å². The van der Waals surface area contributed by atoms with E-state index >= 15 is 0 Å². The van der Waals surface area contributed by atoms with Gasteiger partial charge in [-0.1, -0.05) is 12.1 Å². The molecule has 0 amide bonds. The molecule has 0 saturated heterocycles. The highest BCUT2D eigenvalue weighted by atomic mass is 19.1. The molecule has 0 aliphatic carbocycles. The van der Waals surface area contributed by atoms with E-state index < -0.39 is 11.8 Å². The van der Waals surface area contributed by atoms with Gasteiger partial charge in [-0.15, -0.1) is 0 Å². The highest BCUT2D eigenvalue weighted by molar-refractivity contribution is 5.67. The van der Waals surface area contributed by atoms with Crippen molar-refractivity contribution in [3.05, 3.63) is 35.8 Å². The third kappa shape index (κ3) is 2.71. The summed E-state index contributed by atoms with van der Waals surface area (Å²) in [6.45, 7) is 0. The van der Waals surface area contributed by atoms with Crippen LogP contribution in [0.5, 0.6) is 0 Å². The fourth-order valence-corrected chi connectivity index (χ4v) is 1.63. The second-order valence-corrected chi connectivity index (χ2v) is 3.92. The van der Waals surface area contributed by atoms with Crippen LogP contribution in [0.3, 0.4) is 0 Å². The van der Waals surface area contributed by atoms with E-state index in [1.807, 2.05) is 0 Å². The number of carboxylic acids is 1. The molecule has 1 heterocycles. The summed E-state index contributed by atoms with van der Waals surface area (Å²) in [5.74, 6) is -1.35. The smallest absolute Gasteiger partial charge is 0.303 e. The molecule has 94 valence electrons. The summed E-state index contributed by atoms with van der Waals surface area (Å²) in [6.07, 6.45) is 1.65. The number of aryl methyl sites for hydroxylation is 2. The van der Waals surface area contributed by atoms with Crippen LogP contribution in [0.2, 0.25) is 0 Å². The second kappa shape index (κ2) is 4.95. The van der Waals surface area contributed by atoms with E-state index in [4.69, 9.17) is 5.11 Å². The average Bonchev–Trinajstić information content (AvgIpc) is 2.74. The summed E-state index contributed by atoms with van der Waals surface area (Å²) < 4.78 is 13.7. The number of aliphatic carboxylic acids is 1. The fraction of sp³-hybridized carbons (Fsp3) is 0.250. The van der Waals surface area contributed by atoms with Crippen molar-refractivity contribution in [2.24, 2.45) is 7.05 Å². The lowest BCUT2D eigenvalue weighted by atomic mass is 10.1. The molecule has 1 aromatic heterocycles. The third-order valence-corrected chi connectivity index (χ3v) is 2.56. The molecule has 2 rings (SSSR count). The predicted octanol–water partition coefficient (Wildman–Crippen LogP) is 1.64. The van der Waals surface area contributed by atoms with Crippen LogP contribution in [-0.4, -0.2) is 26.1 Å². The molecule has 0 atom stereocenters. The van der Waals surface area contributed by atoms with Crippen LogP contribution < -0.4 is 0 Å². The Bertz CT molecular complexity index is 580. The lowest BCUT2D eigenvalue weighted by Gasteiger charge is -2.03. The maximum Gasteiger partial charge on any atom is 0.303 e. The summed E-state index contributed by atoms with van der Waals surface area (Å²) in [7, 11) is 1.68. The molecular weight excluding hydrogens is 237 g/mol. The van der Waals surface area contributed by atoms with Gasteiger partial charge in [0.1, 0.15) is 11.5 Å². The van der Waals surface area contributed by atoms with Crippen molar-refractivity contribution in [1.82, 2.24) is 15.0 Å². The van der Waals surface area contributed by atoms with Crippen molar-refractivity contribution in [2.45, 2.75) is 12.8 Å². The summed E-state index contributed by atoms with van der Waals surface area (Å²) in [6, 6.07) is 4.65. The van der Waals surface area contributed by atoms with Gasteiger partial charge in [-0.25, -0.2) is 4.39 Å². The van der Waals surface area contributed by atoms with Gasteiger partial charge < -0.3 is 5.11 Å². The third-order valence-electron chi connectivity index (χ3n) is 2.56. The van der Waals surface area contributed by atoms with E-state index in [9.17, 15) is 9.18 Å². The van der Waals surface area contributed by atoms with Crippen molar-refractivity contribution >= 4 is 5.97 Å². The van der Waals surface area contributed by atoms with Gasteiger partial charge in [0.05, 0.1) is 6.20 Å². The summed E-state index contributed by atoms with van der Waals surface area (Å²) in [5, 5.41) is 16.5. The number of carboxylic acid groups (broad SMARTS) is 1. The predicted molar refractivity (Wildman–Crippen MR) is 62.4 cm³/mol. The number of halogens is 1. The fourth-order valence-electron chi connectivity index (χ4n) is 1.63. The standard InChI is InChI=1S/C12H12FN3O2/c1-16-14-7-11(15-16)9-3-2-8(10(13)6-9)4-5-12(17)18/h2-3,6-7H,4-5H2,1H3,(H,17,18). The van der Waals surface area contributed by atoms with Gasteiger partial charge in [0.25, 0.3) is 0 Å². The molecule has 6 heteroatoms. The van der Waals surface area contributed by atoms with Crippen molar-refractivity contribution < 1.29 is 14.3 Å². The number of carbonyl (C=O) groups is 1. The molecule has 18 heavy (non-hydrogen) atoms. The number of nitrogens with zero attached hydrogens (tertiary/aromatic N) is 3. The normalized spacial score (nSPS) is 10.6. The quantitative estimate of drug-likeness (QED) is 0.894. The highest BCUT2D eigenvalue weighted by Gasteiger charge is 2.08. The maximum atomic E-state index is 13.7. The van der Waals surface area contributed by atoms with Crippen molar-refractivity contribution in [2.75, 3.05) is 0 Å². The van der Waals surface area contributed by atoms with Gasteiger partial charge in [-0.05, 0) is 18.1 Å². The first-order valence-electron chi connectivity index (χ1n) is 5.43. The van der Waals surface area contributed by atoms with E-state index in [1.165, 1.54) is 10.9 Å². The molecule has 0 aliphatic rings. The SMILES string of the molecule is Cn1ncc(-c2ccc(CCC(=O)O)c(F)c2)n1. The molecule has 1 aromatic carbocycles. The number of hydrogen-bond donors (Lipinski definition) is 1. The Morgan fingerprint density at radius 3 is 2.83 bits per heavy atom. The van der Waals surface area contributed by atoms with Gasteiger partial charge in [-0.3, -0.25) is 4.79 Å². The van der Waals surface area contributed by atoms with Gasteiger partial charge >= 0.3 is 5.97 Å². The van der Waals surface area contributed by atoms with Crippen LogP contribution in [0.15, 0.2) is 24.4 Å². The first-order valence-corrected chi connectivity index (χ1v) is 5.43. The molecule has 0 unspecified atom stereocenters. The summed E-state index contributed by atoms with van der Waals surface area (Å²) in [4.78, 5) is 11.8. The Labute approximate surface area is 103 Å². The Morgan fingerprint density at radius 2 is 2.28 bits per heavy atom. The lowest BCUT2D eigenvalue weighted by Crippen LogP contribution is -1.99. The average molecular weight is 249 g/mol. The molecule has 0 aliphatic heterocycles. The van der Waals surface area contributed by atoms with Gasteiger partial charge in [0.2, 0.25) is 0 Å². The molecule has 1 N–H and O–H groups in total. The maximum absolute atomic E-state index is 13.7. The Morgan fingerprint density at radius 1 is 1.50 bits per heavy atom. The molecule has 2 aromatic rings. The lowest BCUT2D eigenvalue weighted by molar-refractivity contribution is -0.136. The second-order valence-electron chi connectivity index (χ2n) is 3.92. The van der Waals surface area contributed by atoms with E-state index in [1.54, 1.807) is 25.4 Å². The number of hydrogen-bond acceptors (Lipinski definition) is 3. The monoisotopic (exact) mass is 249 g/mol. The van der Waals surface area contributed by atoms with Crippen molar-refractivity contribution in [1.29, 1.82) is 0 Å². The van der Waals surface area contributed by atoms with E-state index in [0.717, 1.165) is 0 Å². The minimum atomic E-state index is -0.938. The van der Waals surface area contributed by atoms with Crippen LogP contribution in [0, 0.1) is 5.82 Å². The summed E-state index contributed by atoms with van der Waals surface area (Å²) >= 11 is 0. The minimum absolute atomic E-state index is 0.0819. The highest BCUT2D eigenvalue weighted by Crippen LogP contribution is 2.20. The van der Waals surface area contributed by atoms with Crippen LogP contribution in [0.4, 0.5) is 4.39 Å². The van der Waals surface area contributed by atoms with Crippen molar-refractivity contribution in [3.8, 4) is 11.3 Å². The Balaban J connectivity index is 2.22. The van der Waals surface area contributed by atoms with Gasteiger partial charge in [0.15, 0.2) is 0 Å². The molecule has 0 bridgehead atoms. The molecule has 5 nitrogen and oxygen atoms in total. The molecule has 0 saturated carbocycles. The van der Waals surface area contributed by atoms with Gasteiger partial charge in [0, 0.05) is 19.0 Å². The molecule has 0 spiro atoms. The van der Waals surface area contributed by atoms with Crippen LogP contribution in [-0.2, 0) is 18.3 Å². The minimum Gasteiger partial charge on any atom is -0.481 e. The molecule has 0 radical (unpaired) electrons. The zero-order valence-electron chi connectivity index (χ0n) is 9.80. The molecule has 0 fully saturated rings. The zero-order valence-corrected chi connectivity index (χ0v) is 9.80. The number of rotatable bonds is 4. The zero-order chi connectivity index (χ0) is 13.1. The Hall–Kier alpha value is -2.24. The van der Waals surface area contributed by atoms with E-state index in [-0.39, 0.29) is 12.8 Å². The van der Waals surface area contributed by atoms with Crippen LogP contribution >= 0.6 is 0 Å². The largest absolute Gasteiger partial charge is 0.481 e. The first kappa shape index (κ1) is 12.2. The van der Waals surface area contributed by atoms with Crippen molar-refractivity contribution in [3.63, 3.8) is 0 Å². The van der Waals surface area contributed by atoms with Gasteiger partial charge in [-0.2, -0.15) is 15.0 Å². The Kier molecular flexibility index (Phi) is 3.36. The number of aromatic nitrogens is 3. The van der Waals surface area contributed by atoms with Crippen LogP contribution in [0.1, 0.15) is 12.0 Å². The first-order chi connectivity index (χ1) is 8.56. The van der Waals surface area contributed by atoms with E-state index in [2.05, 4.69) is 10.2 Å². The van der Waals surface area contributed by atoms with E-state index in [0.29, 0.717) is 16.8 Å². The van der Waals surface area contributed by atoms with Crippen LogP contribution in [0.25, 0.3) is 11.3 Å². The summed E-state index contributed by atoms with van der Waals surface area (Å²) in [5.41, 5.74) is 1.60.